The fourth-order valence-electron chi connectivity index (χ4n) is 1.83. The highest BCUT2D eigenvalue weighted by molar-refractivity contribution is 9.10. The highest BCUT2D eigenvalue weighted by atomic mass is 79.9. The molecule has 2 rings (SSSR count). The van der Waals surface area contributed by atoms with E-state index in [4.69, 9.17) is 0 Å². The molecule has 6 heteroatoms. The molecule has 96 valence electrons. The van der Waals surface area contributed by atoms with Crippen molar-refractivity contribution in [2.24, 2.45) is 0 Å². The van der Waals surface area contributed by atoms with E-state index in [-0.39, 0.29) is 18.4 Å². The van der Waals surface area contributed by atoms with Crippen molar-refractivity contribution in [3.8, 4) is 0 Å². The Morgan fingerprint density at radius 2 is 2.22 bits per heavy atom. The summed E-state index contributed by atoms with van der Waals surface area (Å²) in [7, 11) is 0. The highest BCUT2D eigenvalue weighted by Crippen LogP contribution is 2.22. The first-order valence-electron chi connectivity index (χ1n) is 5.62. The summed E-state index contributed by atoms with van der Waals surface area (Å²) in [5, 5.41) is 2.75. The SMILES string of the molecule is O=C1CN(C(=O)c2cc(S)ccc2Br)CCCN1. The van der Waals surface area contributed by atoms with Crippen molar-refractivity contribution in [1.82, 2.24) is 10.2 Å². The summed E-state index contributed by atoms with van der Waals surface area (Å²) >= 11 is 7.58. The van der Waals surface area contributed by atoms with Gasteiger partial charge in [-0.05, 0) is 40.5 Å². The predicted octanol–water partition coefficient (Wildman–Crippen LogP) is 1.70. The van der Waals surface area contributed by atoms with Crippen molar-refractivity contribution >= 4 is 40.4 Å². The van der Waals surface area contributed by atoms with Crippen LogP contribution >= 0.6 is 28.6 Å². The first-order valence-corrected chi connectivity index (χ1v) is 6.86. The maximum atomic E-state index is 12.4. The Bertz CT molecular complexity index is 493. The lowest BCUT2D eigenvalue weighted by Gasteiger charge is -2.19. The number of carbonyl (C=O) groups excluding carboxylic acids is 2. The van der Waals surface area contributed by atoms with Crippen LogP contribution in [0.15, 0.2) is 27.6 Å². The third kappa shape index (κ3) is 3.05. The van der Waals surface area contributed by atoms with Crippen molar-refractivity contribution in [2.45, 2.75) is 11.3 Å². The van der Waals surface area contributed by atoms with Crippen LogP contribution in [0.1, 0.15) is 16.8 Å². The zero-order valence-electron chi connectivity index (χ0n) is 9.65. The topological polar surface area (TPSA) is 49.4 Å². The molecule has 2 amide bonds. The summed E-state index contributed by atoms with van der Waals surface area (Å²) in [6.07, 6.45) is 0.773. The molecule has 0 atom stereocenters. The molecule has 1 saturated heterocycles. The monoisotopic (exact) mass is 328 g/mol. The number of nitrogens with one attached hydrogen (secondary N) is 1. The summed E-state index contributed by atoms with van der Waals surface area (Å²) in [6, 6.07) is 5.30. The second-order valence-corrected chi connectivity index (χ2v) is 5.47. The van der Waals surface area contributed by atoms with Crippen molar-refractivity contribution in [1.29, 1.82) is 0 Å². The van der Waals surface area contributed by atoms with Crippen molar-refractivity contribution in [3.05, 3.63) is 28.2 Å². The second-order valence-electron chi connectivity index (χ2n) is 4.09. The third-order valence-electron chi connectivity index (χ3n) is 2.73. The van der Waals surface area contributed by atoms with Gasteiger partial charge in [-0.25, -0.2) is 0 Å². The van der Waals surface area contributed by atoms with Crippen molar-refractivity contribution in [2.75, 3.05) is 19.6 Å². The van der Waals surface area contributed by atoms with Crippen LogP contribution in [0.3, 0.4) is 0 Å². The quantitative estimate of drug-likeness (QED) is 0.771. The number of amides is 2. The molecule has 0 radical (unpaired) electrons. The van der Waals surface area contributed by atoms with Crippen LogP contribution in [0.25, 0.3) is 0 Å². The number of thiol groups is 1. The fraction of sp³-hybridized carbons (Fsp3) is 0.333. The predicted molar refractivity (Wildman–Crippen MR) is 74.9 cm³/mol. The third-order valence-corrected chi connectivity index (χ3v) is 3.70. The standard InChI is InChI=1S/C12H13BrN2O2S/c13-10-3-2-8(18)6-9(10)12(17)15-5-1-4-14-11(16)7-15/h2-3,6,18H,1,4-5,7H2,(H,14,16). The zero-order chi connectivity index (χ0) is 13.1. The average molecular weight is 329 g/mol. The first-order chi connectivity index (χ1) is 8.58. The number of rotatable bonds is 1. The zero-order valence-corrected chi connectivity index (χ0v) is 12.1. The Balaban J connectivity index is 2.24. The van der Waals surface area contributed by atoms with E-state index < -0.39 is 0 Å². The Morgan fingerprint density at radius 3 is 3.00 bits per heavy atom. The number of halogens is 1. The molecule has 18 heavy (non-hydrogen) atoms. The van der Waals surface area contributed by atoms with E-state index in [0.29, 0.717) is 18.7 Å². The fourth-order valence-corrected chi connectivity index (χ4v) is 2.45. The molecule has 0 saturated carbocycles. The van der Waals surface area contributed by atoms with E-state index in [1.807, 2.05) is 0 Å². The van der Waals surface area contributed by atoms with Crippen LogP contribution < -0.4 is 5.32 Å². The van der Waals surface area contributed by atoms with E-state index in [1.54, 1.807) is 23.1 Å². The molecule has 1 aromatic carbocycles. The number of benzene rings is 1. The van der Waals surface area contributed by atoms with E-state index in [2.05, 4.69) is 33.9 Å². The molecular weight excluding hydrogens is 316 g/mol. The molecule has 0 aromatic heterocycles. The number of nitrogens with zero attached hydrogens (tertiary/aromatic N) is 1. The normalized spacial score (nSPS) is 16.1. The van der Waals surface area contributed by atoms with Gasteiger partial charge in [0, 0.05) is 22.5 Å². The first kappa shape index (κ1) is 13.4. The van der Waals surface area contributed by atoms with E-state index >= 15 is 0 Å². The van der Waals surface area contributed by atoms with E-state index in [9.17, 15) is 9.59 Å². The molecule has 0 aliphatic carbocycles. The van der Waals surface area contributed by atoms with Gasteiger partial charge in [0.15, 0.2) is 0 Å². The molecule has 1 fully saturated rings. The molecule has 4 nitrogen and oxygen atoms in total. The van der Waals surface area contributed by atoms with Crippen LogP contribution in [-0.2, 0) is 4.79 Å². The largest absolute Gasteiger partial charge is 0.354 e. The summed E-state index contributed by atoms with van der Waals surface area (Å²) in [5.41, 5.74) is 0.539. The van der Waals surface area contributed by atoms with Gasteiger partial charge in [0.1, 0.15) is 0 Å². The minimum Gasteiger partial charge on any atom is -0.354 e. The van der Waals surface area contributed by atoms with E-state index in [0.717, 1.165) is 15.8 Å². The summed E-state index contributed by atoms with van der Waals surface area (Å²) in [5.74, 6) is -0.256. The van der Waals surface area contributed by atoms with Gasteiger partial charge >= 0.3 is 0 Å². The Hall–Kier alpha value is -1.01. The molecular formula is C12H13BrN2O2S. The van der Waals surface area contributed by atoms with Crippen molar-refractivity contribution in [3.63, 3.8) is 0 Å². The van der Waals surface area contributed by atoms with Crippen LogP contribution in [0.2, 0.25) is 0 Å². The molecule has 1 aliphatic rings. The molecule has 1 aromatic rings. The Labute approximate surface area is 119 Å². The van der Waals surface area contributed by atoms with Gasteiger partial charge < -0.3 is 10.2 Å². The van der Waals surface area contributed by atoms with Crippen LogP contribution in [0.5, 0.6) is 0 Å². The van der Waals surface area contributed by atoms with Gasteiger partial charge in [0.05, 0.1) is 12.1 Å². The van der Waals surface area contributed by atoms with Crippen LogP contribution in [0, 0.1) is 0 Å². The van der Waals surface area contributed by atoms with Gasteiger partial charge in [-0.3, -0.25) is 9.59 Å². The summed E-state index contributed by atoms with van der Waals surface area (Å²) in [6.45, 7) is 1.32. The Morgan fingerprint density at radius 1 is 1.44 bits per heavy atom. The smallest absolute Gasteiger partial charge is 0.255 e. The summed E-state index contributed by atoms with van der Waals surface area (Å²) < 4.78 is 0.718. The second kappa shape index (κ2) is 5.75. The molecule has 0 spiro atoms. The summed E-state index contributed by atoms with van der Waals surface area (Å²) in [4.78, 5) is 26.1. The molecule has 1 N–H and O–H groups in total. The van der Waals surface area contributed by atoms with E-state index in [1.165, 1.54) is 0 Å². The van der Waals surface area contributed by atoms with Gasteiger partial charge in [0.25, 0.3) is 5.91 Å². The number of hydrogen-bond donors (Lipinski definition) is 2. The molecule has 1 heterocycles. The molecule has 0 bridgehead atoms. The average Bonchev–Trinajstić information content (AvgIpc) is 2.56. The molecule has 1 aliphatic heterocycles. The number of carbonyl (C=O) groups is 2. The maximum Gasteiger partial charge on any atom is 0.255 e. The Kier molecular flexibility index (Phi) is 4.29. The minimum atomic E-state index is -0.144. The van der Waals surface area contributed by atoms with Crippen molar-refractivity contribution < 1.29 is 9.59 Å². The van der Waals surface area contributed by atoms with Gasteiger partial charge in [0.2, 0.25) is 5.91 Å². The van der Waals surface area contributed by atoms with Gasteiger partial charge in [-0.15, -0.1) is 12.6 Å². The van der Waals surface area contributed by atoms with Gasteiger partial charge in [-0.1, -0.05) is 0 Å². The maximum absolute atomic E-state index is 12.4. The van der Waals surface area contributed by atoms with Crippen LogP contribution in [-0.4, -0.2) is 36.3 Å². The van der Waals surface area contributed by atoms with Crippen LogP contribution in [0.4, 0.5) is 0 Å². The lowest BCUT2D eigenvalue weighted by Crippen LogP contribution is -2.37. The molecule has 0 unspecified atom stereocenters. The number of hydrogen-bond acceptors (Lipinski definition) is 3. The minimum absolute atomic E-state index is 0.112. The van der Waals surface area contributed by atoms with Gasteiger partial charge in [-0.2, -0.15) is 0 Å². The lowest BCUT2D eigenvalue weighted by atomic mass is 10.2. The lowest BCUT2D eigenvalue weighted by molar-refractivity contribution is -0.121. The highest BCUT2D eigenvalue weighted by Gasteiger charge is 2.22.